The summed E-state index contributed by atoms with van der Waals surface area (Å²) in [4.78, 5) is 13.2. The van der Waals surface area contributed by atoms with Gasteiger partial charge in [-0.3, -0.25) is 4.79 Å². The van der Waals surface area contributed by atoms with E-state index < -0.39 is 9.84 Å². The van der Waals surface area contributed by atoms with E-state index in [9.17, 15) is 18.3 Å². The van der Waals surface area contributed by atoms with Gasteiger partial charge in [-0.1, -0.05) is 42.5 Å². The van der Waals surface area contributed by atoms with Gasteiger partial charge in [0.15, 0.2) is 0 Å². The van der Waals surface area contributed by atoms with Gasteiger partial charge in [0.05, 0.1) is 34.5 Å². The maximum atomic E-state index is 12.9. The van der Waals surface area contributed by atoms with Crippen molar-refractivity contribution >= 4 is 20.6 Å². The van der Waals surface area contributed by atoms with Gasteiger partial charge in [0.1, 0.15) is 0 Å². The van der Waals surface area contributed by atoms with Gasteiger partial charge in [0.2, 0.25) is 9.84 Å². The Hall–Kier alpha value is -3.29. The molecule has 0 aliphatic heterocycles. The Morgan fingerprint density at radius 1 is 0.862 bits per heavy atom. The van der Waals surface area contributed by atoms with E-state index in [4.69, 9.17) is 0 Å². The molecular weight excluding hydrogens is 388 g/mol. The summed E-state index contributed by atoms with van der Waals surface area (Å²) in [5.74, 6) is 0. The van der Waals surface area contributed by atoms with Crippen molar-refractivity contribution in [1.29, 1.82) is 0 Å². The molecule has 0 saturated heterocycles. The first-order chi connectivity index (χ1) is 14.0. The third-order valence-electron chi connectivity index (χ3n) is 4.80. The molecule has 0 atom stereocenters. The average Bonchev–Trinajstić information content (AvgIpc) is 2.76. The Bertz CT molecular complexity index is 1350. The summed E-state index contributed by atoms with van der Waals surface area (Å²) in [7, 11) is -3.68. The monoisotopic (exact) mass is 406 g/mol. The zero-order valence-electron chi connectivity index (χ0n) is 15.4. The van der Waals surface area contributed by atoms with Gasteiger partial charge >= 0.3 is 0 Å². The molecule has 4 aromatic rings. The molecule has 0 unspecified atom stereocenters. The largest absolute Gasteiger partial charge is 0.392 e. The molecule has 1 aromatic heterocycles. The van der Waals surface area contributed by atoms with Crippen molar-refractivity contribution < 1.29 is 13.5 Å². The first-order valence-electron chi connectivity index (χ1n) is 8.98. The number of sulfone groups is 1. The van der Waals surface area contributed by atoms with Crippen LogP contribution < -0.4 is 5.56 Å². The molecule has 29 heavy (non-hydrogen) atoms. The minimum Gasteiger partial charge on any atom is -0.392 e. The van der Waals surface area contributed by atoms with E-state index in [1.807, 2.05) is 18.2 Å². The molecule has 0 radical (unpaired) electrons. The van der Waals surface area contributed by atoms with Crippen molar-refractivity contribution in [2.75, 3.05) is 0 Å². The van der Waals surface area contributed by atoms with Crippen LogP contribution in [0.3, 0.4) is 0 Å². The molecule has 0 fully saturated rings. The normalized spacial score (nSPS) is 11.6. The van der Waals surface area contributed by atoms with E-state index in [2.05, 4.69) is 5.10 Å². The second kappa shape index (κ2) is 7.62. The predicted octanol–water partition coefficient (Wildman–Crippen LogP) is 2.77. The Morgan fingerprint density at radius 3 is 2.28 bits per heavy atom. The minimum atomic E-state index is -3.68. The molecule has 0 aliphatic rings. The minimum absolute atomic E-state index is 0.112. The van der Waals surface area contributed by atoms with Crippen LogP contribution >= 0.6 is 0 Å². The Labute approximate surface area is 167 Å². The second-order valence-electron chi connectivity index (χ2n) is 6.60. The molecule has 6 nitrogen and oxygen atoms in total. The topological polar surface area (TPSA) is 89.3 Å². The molecule has 0 aliphatic carbocycles. The molecule has 1 N–H and O–H groups in total. The lowest BCUT2D eigenvalue weighted by molar-refractivity contribution is 0.280. The maximum Gasteiger partial charge on any atom is 0.274 e. The predicted molar refractivity (Wildman–Crippen MR) is 109 cm³/mol. The number of fused-ring (bicyclic) bond motifs is 1. The number of rotatable bonds is 5. The highest BCUT2D eigenvalue weighted by atomic mass is 32.2. The fourth-order valence-electron chi connectivity index (χ4n) is 3.21. The molecule has 0 spiro atoms. The van der Waals surface area contributed by atoms with Gasteiger partial charge in [-0.05, 0) is 41.5 Å². The van der Waals surface area contributed by atoms with Crippen LogP contribution in [-0.4, -0.2) is 23.3 Å². The fourth-order valence-corrected chi connectivity index (χ4v) is 4.53. The van der Waals surface area contributed by atoms with Crippen LogP contribution in [0.15, 0.2) is 93.6 Å². The van der Waals surface area contributed by atoms with Crippen molar-refractivity contribution in [1.82, 2.24) is 9.78 Å². The van der Waals surface area contributed by atoms with E-state index in [1.165, 1.54) is 41.2 Å². The summed E-state index contributed by atoms with van der Waals surface area (Å²) in [6, 6.07) is 19.9. The summed E-state index contributed by atoms with van der Waals surface area (Å²) in [5, 5.41) is 14.5. The van der Waals surface area contributed by atoms with Crippen molar-refractivity contribution in [3.8, 4) is 0 Å². The molecule has 146 valence electrons. The summed E-state index contributed by atoms with van der Waals surface area (Å²) >= 11 is 0. The molecule has 0 amide bonds. The van der Waals surface area contributed by atoms with Crippen LogP contribution in [0.2, 0.25) is 0 Å². The average molecular weight is 406 g/mol. The zero-order chi connectivity index (χ0) is 20.4. The third kappa shape index (κ3) is 3.57. The smallest absolute Gasteiger partial charge is 0.274 e. The molecule has 0 bridgehead atoms. The summed E-state index contributed by atoms with van der Waals surface area (Å²) in [5.41, 5.74) is 1.21. The van der Waals surface area contributed by atoms with Crippen LogP contribution in [0, 0.1) is 0 Å². The summed E-state index contributed by atoms with van der Waals surface area (Å²) in [6.07, 6.45) is 1.49. The van der Waals surface area contributed by atoms with E-state index in [-0.39, 0.29) is 28.5 Å². The summed E-state index contributed by atoms with van der Waals surface area (Å²) in [6.45, 7) is 0.0920. The maximum absolute atomic E-state index is 12.9. The van der Waals surface area contributed by atoms with Crippen LogP contribution in [0.25, 0.3) is 10.8 Å². The van der Waals surface area contributed by atoms with Gasteiger partial charge in [-0.15, -0.1) is 0 Å². The lowest BCUT2D eigenvalue weighted by atomic mass is 10.1. The number of aliphatic hydroxyl groups excluding tert-OH is 1. The second-order valence-corrected chi connectivity index (χ2v) is 8.55. The molecule has 0 saturated carbocycles. The van der Waals surface area contributed by atoms with Crippen molar-refractivity contribution in [3.05, 3.63) is 100 Å². The SMILES string of the molecule is O=c1c2ccc(S(=O)(=O)c3ccccc3)cc2cnn1Cc1ccccc1CO. The third-order valence-corrected chi connectivity index (χ3v) is 6.56. The van der Waals surface area contributed by atoms with E-state index in [0.29, 0.717) is 10.8 Å². The van der Waals surface area contributed by atoms with Crippen molar-refractivity contribution in [2.45, 2.75) is 22.9 Å². The molecule has 3 aromatic carbocycles. The Balaban J connectivity index is 1.76. The lowest BCUT2D eigenvalue weighted by Gasteiger charge is -2.10. The van der Waals surface area contributed by atoms with Gasteiger partial charge in [0.25, 0.3) is 5.56 Å². The van der Waals surface area contributed by atoms with E-state index in [0.717, 1.165) is 11.1 Å². The number of hydrogen-bond acceptors (Lipinski definition) is 5. The molecule has 1 heterocycles. The van der Waals surface area contributed by atoms with Crippen LogP contribution in [-0.2, 0) is 23.0 Å². The first kappa shape index (κ1) is 19.0. The first-order valence-corrected chi connectivity index (χ1v) is 10.5. The van der Waals surface area contributed by atoms with Crippen molar-refractivity contribution in [3.63, 3.8) is 0 Å². The number of benzene rings is 3. The molecule has 7 heteroatoms. The van der Waals surface area contributed by atoms with Gasteiger partial charge in [-0.25, -0.2) is 13.1 Å². The highest BCUT2D eigenvalue weighted by Crippen LogP contribution is 2.23. The fraction of sp³-hybridized carbons (Fsp3) is 0.0909. The number of nitrogens with zero attached hydrogens (tertiary/aromatic N) is 2. The lowest BCUT2D eigenvalue weighted by Crippen LogP contribution is -2.24. The van der Waals surface area contributed by atoms with Gasteiger partial charge < -0.3 is 5.11 Å². The highest BCUT2D eigenvalue weighted by molar-refractivity contribution is 7.91. The van der Waals surface area contributed by atoms with E-state index >= 15 is 0 Å². The van der Waals surface area contributed by atoms with Gasteiger partial charge in [0, 0.05) is 5.39 Å². The van der Waals surface area contributed by atoms with Gasteiger partial charge in [-0.2, -0.15) is 5.10 Å². The Morgan fingerprint density at radius 2 is 1.55 bits per heavy atom. The quantitative estimate of drug-likeness (QED) is 0.551. The Kier molecular flexibility index (Phi) is 5.00. The molecule has 4 rings (SSSR count). The number of hydrogen-bond donors (Lipinski definition) is 1. The van der Waals surface area contributed by atoms with Crippen LogP contribution in [0.5, 0.6) is 0 Å². The zero-order valence-corrected chi connectivity index (χ0v) is 16.2. The molecular formula is C22H18N2O4S. The van der Waals surface area contributed by atoms with Crippen LogP contribution in [0.1, 0.15) is 11.1 Å². The standard InChI is InChI=1S/C22H18N2O4S/c25-15-17-7-5-4-6-16(17)14-24-22(26)21-11-10-20(12-18(21)13-23-24)29(27,28)19-8-2-1-3-9-19/h1-13,25H,14-15H2. The summed E-state index contributed by atoms with van der Waals surface area (Å²) < 4.78 is 26.9. The van der Waals surface area contributed by atoms with E-state index in [1.54, 1.807) is 24.3 Å². The number of aliphatic hydroxyl groups is 1. The highest BCUT2D eigenvalue weighted by Gasteiger charge is 2.18. The van der Waals surface area contributed by atoms with Crippen molar-refractivity contribution in [2.24, 2.45) is 0 Å². The van der Waals surface area contributed by atoms with Crippen LogP contribution in [0.4, 0.5) is 0 Å². The number of aromatic nitrogens is 2.